The van der Waals surface area contributed by atoms with Crippen molar-refractivity contribution < 1.29 is 4.79 Å². The topological polar surface area (TPSA) is 66.3 Å². The number of carbonyl (C=O) groups excluding carboxylic acids is 1. The minimum absolute atomic E-state index is 0.0549. The van der Waals surface area contributed by atoms with Crippen molar-refractivity contribution in [3.63, 3.8) is 0 Å². The van der Waals surface area contributed by atoms with E-state index in [9.17, 15) is 4.79 Å². The summed E-state index contributed by atoms with van der Waals surface area (Å²) in [5.74, 6) is 0.582. The van der Waals surface area contributed by atoms with Crippen LogP contribution in [0.25, 0.3) is 15.9 Å². The number of benzene rings is 2. The van der Waals surface area contributed by atoms with E-state index in [0.29, 0.717) is 19.0 Å². The summed E-state index contributed by atoms with van der Waals surface area (Å²) in [7, 11) is 0. The molecule has 194 valence electrons. The number of nitrogens with one attached hydrogen (secondary N) is 1. The van der Waals surface area contributed by atoms with Gasteiger partial charge in [0.05, 0.1) is 41.2 Å². The summed E-state index contributed by atoms with van der Waals surface area (Å²) in [5.41, 5.74) is 4.20. The van der Waals surface area contributed by atoms with Crippen LogP contribution >= 0.6 is 11.3 Å². The first-order chi connectivity index (χ1) is 18.0. The van der Waals surface area contributed by atoms with E-state index in [4.69, 9.17) is 10.1 Å². The summed E-state index contributed by atoms with van der Waals surface area (Å²) in [5, 5.41) is 9.07. The molecule has 37 heavy (non-hydrogen) atoms. The Morgan fingerprint density at radius 2 is 1.76 bits per heavy atom. The maximum absolute atomic E-state index is 12.8. The molecular formula is C29H36N6OS. The number of nitrogens with zero attached hydrogens (tertiary/aromatic N) is 5. The van der Waals surface area contributed by atoms with Crippen molar-refractivity contribution in [2.24, 2.45) is 5.92 Å². The molecule has 0 bridgehead atoms. The SMILES string of the molecule is CC(C)Cc1cc(CNC(=O)CN2CCCN(Cc3nc4ccccc4s3)CC2)nn1-c1ccccc1. The van der Waals surface area contributed by atoms with Gasteiger partial charge in [-0.15, -0.1) is 11.3 Å². The lowest BCUT2D eigenvalue weighted by Crippen LogP contribution is -2.39. The zero-order valence-corrected chi connectivity index (χ0v) is 22.6. The fourth-order valence-corrected chi connectivity index (χ4v) is 5.90. The van der Waals surface area contributed by atoms with E-state index in [-0.39, 0.29) is 5.91 Å². The zero-order valence-electron chi connectivity index (χ0n) is 21.8. The Morgan fingerprint density at radius 3 is 2.57 bits per heavy atom. The fourth-order valence-electron chi connectivity index (χ4n) is 4.89. The number of amides is 1. The van der Waals surface area contributed by atoms with Gasteiger partial charge in [-0.2, -0.15) is 5.10 Å². The molecule has 5 rings (SSSR count). The molecule has 1 aliphatic rings. The van der Waals surface area contributed by atoms with Crippen molar-refractivity contribution in [1.29, 1.82) is 0 Å². The smallest absolute Gasteiger partial charge is 0.234 e. The number of hydrogen-bond acceptors (Lipinski definition) is 6. The minimum atomic E-state index is 0.0549. The Balaban J connectivity index is 1.12. The van der Waals surface area contributed by atoms with Gasteiger partial charge in [0.15, 0.2) is 0 Å². The van der Waals surface area contributed by atoms with Crippen LogP contribution in [-0.2, 0) is 24.3 Å². The van der Waals surface area contributed by atoms with E-state index in [0.717, 1.165) is 62.5 Å². The van der Waals surface area contributed by atoms with Crippen molar-refractivity contribution in [3.05, 3.63) is 77.1 Å². The lowest BCUT2D eigenvalue weighted by atomic mass is 10.1. The molecule has 2 aromatic heterocycles. The van der Waals surface area contributed by atoms with Crippen LogP contribution < -0.4 is 5.32 Å². The van der Waals surface area contributed by atoms with Crippen molar-refractivity contribution in [1.82, 2.24) is 29.9 Å². The monoisotopic (exact) mass is 516 g/mol. The molecule has 2 aromatic carbocycles. The zero-order chi connectivity index (χ0) is 25.6. The molecule has 0 spiro atoms. The third kappa shape index (κ3) is 6.83. The molecule has 0 aliphatic carbocycles. The van der Waals surface area contributed by atoms with Gasteiger partial charge in [-0.25, -0.2) is 9.67 Å². The maximum atomic E-state index is 12.8. The van der Waals surface area contributed by atoms with Gasteiger partial charge in [-0.05, 0) is 62.2 Å². The summed E-state index contributed by atoms with van der Waals surface area (Å²) in [6, 6.07) is 20.7. The van der Waals surface area contributed by atoms with E-state index in [1.807, 2.05) is 28.9 Å². The van der Waals surface area contributed by atoms with Crippen LogP contribution in [0, 0.1) is 5.92 Å². The Morgan fingerprint density at radius 1 is 1.00 bits per heavy atom. The molecular weight excluding hydrogens is 480 g/mol. The Hall–Kier alpha value is -3.07. The number of para-hydroxylation sites is 2. The molecule has 8 heteroatoms. The second kappa shape index (κ2) is 12.0. The van der Waals surface area contributed by atoms with Gasteiger partial charge in [-0.1, -0.05) is 44.2 Å². The van der Waals surface area contributed by atoms with Crippen molar-refractivity contribution in [3.8, 4) is 5.69 Å². The first-order valence-electron chi connectivity index (χ1n) is 13.2. The largest absolute Gasteiger partial charge is 0.349 e. The number of hydrogen-bond donors (Lipinski definition) is 1. The normalized spacial score (nSPS) is 15.3. The van der Waals surface area contributed by atoms with Crippen LogP contribution in [-0.4, -0.2) is 63.2 Å². The molecule has 1 amide bonds. The second-order valence-electron chi connectivity index (χ2n) is 10.2. The number of thiazole rings is 1. The Bertz CT molecular complexity index is 1280. The molecule has 0 unspecified atom stereocenters. The van der Waals surface area contributed by atoms with Crippen LogP contribution in [0.2, 0.25) is 0 Å². The maximum Gasteiger partial charge on any atom is 0.234 e. The molecule has 0 atom stereocenters. The van der Waals surface area contributed by atoms with Crippen molar-refractivity contribution in [2.75, 3.05) is 32.7 Å². The van der Waals surface area contributed by atoms with E-state index < -0.39 is 0 Å². The predicted molar refractivity (Wildman–Crippen MR) is 150 cm³/mol. The average Bonchev–Trinajstić information content (AvgIpc) is 3.41. The third-order valence-corrected chi connectivity index (χ3v) is 7.69. The van der Waals surface area contributed by atoms with Crippen LogP contribution in [0.3, 0.4) is 0 Å². The third-order valence-electron chi connectivity index (χ3n) is 6.66. The summed E-state index contributed by atoms with van der Waals surface area (Å²) < 4.78 is 3.26. The fraction of sp³-hybridized carbons (Fsp3) is 0.414. The number of carbonyl (C=O) groups is 1. The van der Waals surface area contributed by atoms with E-state index in [2.05, 4.69) is 65.4 Å². The van der Waals surface area contributed by atoms with Gasteiger partial charge in [0.2, 0.25) is 5.91 Å². The predicted octanol–water partition coefficient (Wildman–Crippen LogP) is 4.50. The number of aromatic nitrogens is 3. The van der Waals surface area contributed by atoms with Crippen LogP contribution in [0.4, 0.5) is 0 Å². The molecule has 3 heterocycles. The van der Waals surface area contributed by atoms with E-state index in [1.165, 1.54) is 15.4 Å². The standard InChI is InChI=1S/C29H36N6OS/c1-22(2)17-25-18-23(32-35(25)24-9-4-3-5-10-24)19-30-28(36)20-33-13-8-14-34(16-15-33)21-29-31-26-11-6-7-12-27(26)37-29/h3-7,9-12,18,22H,8,13-17,19-21H2,1-2H3,(H,30,36). The highest BCUT2D eigenvalue weighted by atomic mass is 32.1. The first kappa shape index (κ1) is 25.6. The van der Waals surface area contributed by atoms with Gasteiger partial charge < -0.3 is 5.32 Å². The molecule has 1 fully saturated rings. The summed E-state index contributed by atoms with van der Waals surface area (Å²) in [6.07, 6.45) is 2.00. The van der Waals surface area contributed by atoms with Crippen molar-refractivity contribution in [2.45, 2.75) is 39.8 Å². The molecule has 4 aromatic rings. The molecule has 7 nitrogen and oxygen atoms in total. The highest BCUT2D eigenvalue weighted by molar-refractivity contribution is 7.18. The summed E-state index contributed by atoms with van der Waals surface area (Å²) >= 11 is 1.78. The van der Waals surface area contributed by atoms with E-state index >= 15 is 0 Å². The molecule has 0 radical (unpaired) electrons. The van der Waals surface area contributed by atoms with E-state index in [1.54, 1.807) is 11.3 Å². The van der Waals surface area contributed by atoms with Crippen LogP contribution in [0.1, 0.15) is 36.7 Å². The Kier molecular flexibility index (Phi) is 8.28. The number of fused-ring (bicyclic) bond motifs is 1. The summed E-state index contributed by atoms with van der Waals surface area (Å²) in [4.78, 5) is 22.3. The number of rotatable bonds is 9. The molecule has 1 saturated heterocycles. The van der Waals surface area contributed by atoms with Crippen LogP contribution in [0.5, 0.6) is 0 Å². The minimum Gasteiger partial charge on any atom is -0.349 e. The van der Waals surface area contributed by atoms with Crippen molar-refractivity contribution >= 4 is 27.5 Å². The molecule has 1 aliphatic heterocycles. The van der Waals surface area contributed by atoms with Crippen LogP contribution in [0.15, 0.2) is 60.7 Å². The highest BCUT2D eigenvalue weighted by Crippen LogP contribution is 2.23. The highest BCUT2D eigenvalue weighted by Gasteiger charge is 2.19. The van der Waals surface area contributed by atoms with Gasteiger partial charge in [-0.3, -0.25) is 14.6 Å². The first-order valence-corrected chi connectivity index (χ1v) is 14.0. The van der Waals surface area contributed by atoms with Gasteiger partial charge in [0.1, 0.15) is 5.01 Å². The Labute approximate surface area is 223 Å². The van der Waals surface area contributed by atoms with Gasteiger partial charge >= 0.3 is 0 Å². The quantitative estimate of drug-likeness (QED) is 0.355. The second-order valence-corrected chi connectivity index (χ2v) is 11.3. The van der Waals surface area contributed by atoms with Gasteiger partial charge in [0.25, 0.3) is 0 Å². The molecule has 0 saturated carbocycles. The van der Waals surface area contributed by atoms with Gasteiger partial charge in [0, 0.05) is 18.8 Å². The average molecular weight is 517 g/mol. The lowest BCUT2D eigenvalue weighted by Gasteiger charge is -2.20. The summed E-state index contributed by atoms with van der Waals surface area (Å²) in [6.45, 7) is 9.98. The lowest BCUT2D eigenvalue weighted by molar-refractivity contribution is -0.122. The molecule has 1 N–H and O–H groups in total.